The molecule has 1 aliphatic carbocycles. The van der Waals surface area contributed by atoms with Crippen molar-refractivity contribution < 1.29 is 9.84 Å². The average molecular weight is 466 g/mol. The molecule has 32 heavy (non-hydrogen) atoms. The molecule has 4 aromatic rings. The summed E-state index contributed by atoms with van der Waals surface area (Å²) in [6.07, 6.45) is 0.297. The van der Waals surface area contributed by atoms with Gasteiger partial charge in [0.2, 0.25) is 0 Å². The molecule has 1 aliphatic rings. The number of nitriles is 1. The molecule has 0 saturated heterocycles. The van der Waals surface area contributed by atoms with Crippen LogP contribution in [-0.4, -0.2) is 26.4 Å². The second kappa shape index (κ2) is 7.99. The summed E-state index contributed by atoms with van der Waals surface area (Å²) in [4.78, 5) is 4.23. The largest absolute Gasteiger partial charge is 0.455 e. The van der Waals surface area contributed by atoms with Gasteiger partial charge in [0.15, 0.2) is 5.65 Å². The third kappa shape index (κ3) is 3.63. The van der Waals surface area contributed by atoms with Crippen molar-refractivity contribution in [3.63, 3.8) is 0 Å². The van der Waals surface area contributed by atoms with E-state index in [1.807, 2.05) is 12.1 Å². The highest BCUT2D eigenvalue weighted by Gasteiger charge is 2.35. The number of aliphatic hydroxyl groups excluding tert-OH is 1. The number of nitrogen functional groups attached to an aromatic ring is 1. The zero-order chi connectivity index (χ0) is 22.4. The number of anilines is 1. The Hall–Kier alpha value is -3.31. The number of aromatic amines is 1. The molecule has 2 atom stereocenters. The molecule has 4 N–H and O–H groups in total. The van der Waals surface area contributed by atoms with Crippen molar-refractivity contribution in [1.29, 1.82) is 5.26 Å². The van der Waals surface area contributed by atoms with Crippen LogP contribution in [0.25, 0.3) is 11.0 Å². The Morgan fingerprint density at radius 2 is 2.06 bits per heavy atom. The van der Waals surface area contributed by atoms with Gasteiger partial charge in [0.25, 0.3) is 0 Å². The van der Waals surface area contributed by atoms with Crippen LogP contribution in [0.15, 0.2) is 42.5 Å². The Bertz CT molecular complexity index is 1400. The highest BCUT2D eigenvalue weighted by atomic mass is 35.5. The molecule has 0 aliphatic heterocycles. The fraction of sp³-hybridized carbons (Fsp3) is 0.174. The van der Waals surface area contributed by atoms with E-state index in [1.54, 1.807) is 30.3 Å². The van der Waals surface area contributed by atoms with Crippen LogP contribution in [0.2, 0.25) is 10.0 Å². The molecular formula is C23H17Cl2N5O2. The van der Waals surface area contributed by atoms with Gasteiger partial charge in [0.05, 0.1) is 22.8 Å². The van der Waals surface area contributed by atoms with Crippen molar-refractivity contribution in [2.75, 3.05) is 5.73 Å². The Balaban J connectivity index is 1.50. The zero-order valence-corrected chi connectivity index (χ0v) is 18.2. The molecule has 0 bridgehead atoms. The van der Waals surface area contributed by atoms with Crippen molar-refractivity contribution in [2.45, 2.75) is 24.9 Å². The molecule has 0 spiro atoms. The minimum atomic E-state index is -0.625. The number of H-pyrrole nitrogens is 1. The number of fused-ring (bicyclic) bond motifs is 2. The van der Waals surface area contributed by atoms with E-state index in [0.29, 0.717) is 51.4 Å². The monoisotopic (exact) mass is 465 g/mol. The predicted molar refractivity (Wildman–Crippen MR) is 122 cm³/mol. The topological polar surface area (TPSA) is 121 Å². The third-order valence-electron chi connectivity index (χ3n) is 5.69. The van der Waals surface area contributed by atoms with E-state index in [1.165, 1.54) is 0 Å². The number of nitrogens with zero attached hydrogens (tertiary/aromatic N) is 3. The smallest absolute Gasteiger partial charge is 0.183 e. The fourth-order valence-electron chi connectivity index (χ4n) is 4.23. The van der Waals surface area contributed by atoms with Crippen molar-refractivity contribution in [1.82, 2.24) is 15.2 Å². The first-order chi connectivity index (χ1) is 15.4. The molecule has 2 unspecified atom stereocenters. The van der Waals surface area contributed by atoms with Gasteiger partial charge in [-0.3, -0.25) is 5.10 Å². The Morgan fingerprint density at radius 1 is 1.22 bits per heavy atom. The molecule has 0 saturated carbocycles. The van der Waals surface area contributed by atoms with Crippen LogP contribution in [0.1, 0.15) is 28.3 Å². The van der Waals surface area contributed by atoms with Crippen LogP contribution in [0.4, 0.5) is 5.82 Å². The van der Waals surface area contributed by atoms with Crippen LogP contribution >= 0.6 is 23.2 Å². The molecule has 2 aromatic heterocycles. The van der Waals surface area contributed by atoms with E-state index in [0.717, 1.165) is 22.2 Å². The number of halogens is 2. The van der Waals surface area contributed by atoms with Crippen molar-refractivity contribution in [2.24, 2.45) is 0 Å². The van der Waals surface area contributed by atoms with Crippen LogP contribution < -0.4 is 10.5 Å². The van der Waals surface area contributed by atoms with E-state index in [4.69, 9.17) is 33.7 Å². The summed E-state index contributed by atoms with van der Waals surface area (Å²) in [6, 6.07) is 14.1. The number of ether oxygens (including phenoxy) is 1. The lowest BCUT2D eigenvalue weighted by atomic mass is 9.93. The average Bonchev–Trinajstić information content (AvgIpc) is 3.30. The molecule has 0 radical (unpaired) electrons. The van der Waals surface area contributed by atoms with Gasteiger partial charge in [-0.2, -0.15) is 10.4 Å². The lowest BCUT2D eigenvalue weighted by Crippen LogP contribution is -2.16. The van der Waals surface area contributed by atoms with E-state index >= 15 is 0 Å². The van der Waals surface area contributed by atoms with Gasteiger partial charge in [-0.15, -0.1) is 0 Å². The quantitative estimate of drug-likeness (QED) is 0.399. The molecule has 2 heterocycles. The number of benzene rings is 2. The summed E-state index contributed by atoms with van der Waals surface area (Å²) in [7, 11) is 0. The normalized spacial score (nSPS) is 17.3. The summed E-state index contributed by atoms with van der Waals surface area (Å²) in [6.45, 7) is 0. The fourth-order valence-corrected chi connectivity index (χ4v) is 4.67. The Kier molecular flexibility index (Phi) is 5.14. The predicted octanol–water partition coefficient (Wildman–Crippen LogP) is 4.75. The molecule has 5 rings (SSSR count). The molecular weight excluding hydrogens is 449 g/mol. The maximum absolute atomic E-state index is 10.9. The molecule has 9 heteroatoms. The number of aliphatic hydroxyl groups is 1. The van der Waals surface area contributed by atoms with Crippen LogP contribution in [-0.2, 0) is 12.8 Å². The summed E-state index contributed by atoms with van der Waals surface area (Å²) >= 11 is 12.6. The first-order valence-electron chi connectivity index (χ1n) is 9.90. The molecule has 160 valence electrons. The number of hydrogen-bond donors (Lipinski definition) is 3. The highest BCUT2D eigenvalue weighted by molar-refractivity contribution is 6.32. The van der Waals surface area contributed by atoms with E-state index < -0.39 is 6.10 Å². The van der Waals surface area contributed by atoms with E-state index in [2.05, 4.69) is 21.3 Å². The van der Waals surface area contributed by atoms with Crippen molar-refractivity contribution in [3.8, 4) is 17.6 Å². The van der Waals surface area contributed by atoms with Gasteiger partial charge < -0.3 is 15.6 Å². The van der Waals surface area contributed by atoms with Gasteiger partial charge in [0.1, 0.15) is 17.3 Å². The SMILES string of the molecule is N#Cc1cc(Cl)cc(Oc2c(Cl)ccc3c2CC(O)C3Cc2[nH]nc3nc(N)ccc23)c1. The number of nitrogens with two attached hydrogens (primary N) is 1. The van der Waals surface area contributed by atoms with Gasteiger partial charge in [-0.1, -0.05) is 29.3 Å². The van der Waals surface area contributed by atoms with Crippen molar-refractivity contribution in [3.05, 3.63) is 74.9 Å². The molecule has 0 fully saturated rings. The number of rotatable bonds is 4. The number of aromatic nitrogens is 3. The van der Waals surface area contributed by atoms with Gasteiger partial charge >= 0.3 is 0 Å². The number of nitrogens with one attached hydrogen (secondary N) is 1. The Morgan fingerprint density at radius 3 is 2.88 bits per heavy atom. The second-order valence-corrected chi connectivity index (χ2v) is 8.57. The van der Waals surface area contributed by atoms with Crippen LogP contribution in [0.3, 0.4) is 0 Å². The lowest BCUT2D eigenvalue weighted by molar-refractivity contribution is 0.155. The molecule has 7 nitrogen and oxygen atoms in total. The van der Waals surface area contributed by atoms with E-state index in [-0.39, 0.29) is 5.92 Å². The summed E-state index contributed by atoms with van der Waals surface area (Å²) in [5.74, 6) is 1.09. The minimum absolute atomic E-state index is 0.181. The van der Waals surface area contributed by atoms with Gasteiger partial charge in [-0.25, -0.2) is 4.98 Å². The van der Waals surface area contributed by atoms with Crippen molar-refractivity contribution >= 4 is 40.1 Å². The summed E-state index contributed by atoms with van der Waals surface area (Å²) < 4.78 is 6.07. The number of pyridine rings is 1. The Labute approximate surface area is 193 Å². The number of hydrogen-bond acceptors (Lipinski definition) is 6. The van der Waals surface area contributed by atoms with Crippen LogP contribution in [0.5, 0.6) is 11.5 Å². The molecule has 2 aromatic carbocycles. The second-order valence-electron chi connectivity index (χ2n) is 7.73. The van der Waals surface area contributed by atoms with Crippen LogP contribution in [0, 0.1) is 11.3 Å². The molecule has 0 amide bonds. The minimum Gasteiger partial charge on any atom is -0.455 e. The zero-order valence-electron chi connectivity index (χ0n) is 16.6. The summed E-state index contributed by atoms with van der Waals surface area (Å²) in [5, 5.41) is 29.0. The first kappa shape index (κ1) is 20.6. The maximum Gasteiger partial charge on any atom is 0.183 e. The summed E-state index contributed by atoms with van der Waals surface area (Å²) in [5.41, 5.74) is 9.33. The van der Waals surface area contributed by atoms with Gasteiger partial charge in [0, 0.05) is 34.0 Å². The maximum atomic E-state index is 10.9. The lowest BCUT2D eigenvalue weighted by Gasteiger charge is -2.16. The first-order valence-corrected chi connectivity index (χ1v) is 10.7. The highest BCUT2D eigenvalue weighted by Crippen LogP contribution is 2.45. The standard InChI is InChI=1S/C23H17Cl2N5O2/c24-12-5-11(10-26)6-13(7-12)32-22-17-9-20(31)16(14(17)1-3-18(22)25)8-19-15-2-4-21(27)28-23(15)30-29-19/h1-7,16,20,31H,8-9H2,(H3,27,28,29,30). The third-order valence-corrected chi connectivity index (χ3v) is 6.20. The van der Waals surface area contributed by atoms with Gasteiger partial charge in [-0.05, 0) is 48.4 Å². The van der Waals surface area contributed by atoms with E-state index in [9.17, 15) is 10.4 Å².